The Kier molecular flexibility index (Phi) is 4.72. The standard InChI is InChI=1S/C19H19FN2O3/c1-11(18(23)12-3-6-15(25-2)7-4-12)21-19(24)17-10-13-9-14(20)5-8-16(13)22-17/h3-11,18,22-23H,1-2H3,(H,21,24). The molecule has 3 aromatic rings. The Hall–Kier alpha value is -2.86. The van der Waals surface area contributed by atoms with Gasteiger partial charge in [-0.3, -0.25) is 4.79 Å². The lowest BCUT2D eigenvalue weighted by atomic mass is 10.0. The molecule has 1 amide bonds. The highest BCUT2D eigenvalue weighted by molar-refractivity contribution is 5.98. The second-order valence-electron chi connectivity index (χ2n) is 5.89. The normalized spacial score (nSPS) is 13.4. The summed E-state index contributed by atoms with van der Waals surface area (Å²) in [5.41, 5.74) is 1.66. The first kappa shape index (κ1) is 17.0. The van der Waals surface area contributed by atoms with E-state index in [4.69, 9.17) is 4.74 Å². The van der Waals surface area contributed by atoms with Crippen molar-refractivity contribution in [1.29, 1.82) is 0 Å². The van der Waals surface area contributed by atoms with Crippen LogP contribution in [-0.4, -0.2) is 29.1 Å². The zero-order valence-electron chi connectivity index (χ0n) is 13.9. The maximum Gasteiger partial charge on any atom is 0.268 e. The maximum absolute atomic E-state index is 13.2. The second kappa shape index (κ2) is 6.94. The van der Waals surface area contributed by atoms with Gasteiger partial charge < -0.3 is 20.1 Å². The molecule has 25 heavy (non-hydrogen) atoms. The van der Waals surface area contributed by atoms with E-state index in [-0.39, 0.29) is 11.7 Å². The number of fused-ring (bicyclic) bond motifs is 1. The molecule has 2 atom stereocenters. The number of carbonyl (C=O) groups excluding carboxylic acids is 1. The van der Waals surface area contributed by atoms with Gasteiger partial charge in [-0.15, -0.1) is 0 Å². The van der Waals surface area contributed by atoms with Crippen molar-refractivity contribution in [2.45, 2.75) is 19.1 Å². The smallest absolute Gasteiger partial charge is 0.268 e. The van der Waals surface area contributed by atoms with E-state index in [2.05, 4.69) is 10.3 Å². The van der Waals surface area contributed by atoms with Crippen molar-refractivity contribution in [3.05, 3.63) is 65.6 Å². The number of aromatic amines is 1. The Morgan fingerprint density at radius 2 is 1.92 bits per heavy atom. The minimum Gasteiger partial charge on any atom is -0.497 e. The zero-order valence-corrected chi connectivity index (χ0v) is 13.9. The number of amides is 1. The summed E-state index contributed by atoms with van der Waals surface area (Å²) >= 11 is 0. The number of halogens is 1. The molecule has 0 aliphatic rings. The Balaban J connectivity index is 1.71. The third-order valence-corrected chi connectivity index (χ3v) is 4.12. The predicted octanol–water partition coefficient (Wildman–Crippen LogP) is 3.17. The first-order chi connectivity index (χ1) is 12.0. The van der Waals surface area contributed by atoms with Crippen LogP contribution in [0.1, 0.15) is 29.1 Å². The van der Waals surface area contributed by atoms with Crippen LogP contribution < -0.4 is 10.1 Å². The molecule has 2 aromatic carbocycles. The molecule has 6 heteroatoms. The van der Waals surface area contributed by atoms with Gasteiger partial charge in [0.25, 0.3) is 5.91 Å². The van der Waals surface area contributed by atoms with Crippen LogP contribution in [0.2, 0.25) is 0 Å². The molecule has 0 aliphatic carbocycles. The minimum absolute atomic E-state index is 0.314. The summed E-state index contributed by atoms with van der Waals surface area (Å²) in [7, 11) is 1.57. The number of benzene rings is 2. The van der Waals surface area contributed by atoms with E-state index in [1.807, 2.05) is 0 Å². The van der Waals surface area contributed by atoms with Crippen LogP contribution in [0, 0.1) is 5.82 Å². The van der Waals surface area contributed by atoms with E-state index in [0.717, 1.165) is 0 Å². The third-order valence-electron chi connectivity index (χ3n) is 4.12. The molecule has 0 spiro atoms. The molecular formula is C19H19FN2O3. The molecule has 0 saturated heterocycles. The zero-order chi connectivity index (χ0) is 18.0. The van der Waals surface area contributed by atoms with Gasteiger partial charge in [-0.05, 0) is 48.9 Å². The number of hydrogen-bond acceptors (Lipinski definition) is 3. The van der Waals surface area contributed by atoms with Crippen molar-refractivity contribution in [3.63, 3.8) is 0 Å². The number of carbonyl (C=O) groups is 1. The molecule has 0 bridgehead atoms. The van der Waals surface area contributed by atoms with E-state index in [1.165, 1.54) is 12.1 Å². The van der Waals surface area contributed by atoms with Crippen LogP contribution in [0.5, 0.6) is 5.75 Å². The van der Waals surface area contributed by atoms with Gasteiger partial charge in [0, 0.05) is 10.9 Å². The number of H-pyrrole nitrogens is 1. The number of aliphatic hydroxyl groups excluding tert-OH is 1. The van der Waals surface area contributed by atoms with Gasteiger partial charge in [-0.2, -0.15) is 0 Å². The molecule has 1 heterocycles. The van der Waals surface area contributed by atoms with E-state index >= 15 is 0 Å². The van der Waals surface area contributed by atoms with Gasteiger partial charge in [-0.25, -0.2) is 4.39 Å². The van der Waals surface area contributed by atoms with E-state index < -0.39 is 12.1 Å². The quantitative estimate of drug-likeness (QED) is 0.667. The van der Waals surface area contributed by atoms with Crippen LogP contribution in [-0.2, 0) is 0 Å². The molecule has 3 rings (SSSR count). The average molecular weight is 342 g/mol. The summed E-state index contributed by atoms with van der Waals surface area (Å²) in [6.45, 7) is 1.72. The monoisotopic (exact) mass is 342 g/mol. The van der Waals surface area contributed by atoms with Gasteiger partial charge >= 0.3 is 0 Å². The lowest BCUT2D eigenvalue weighted by Crippen LogP contribution is -2.37. The third kappa shape index (κ3) is 3.64. The van der Waals surface area contributed by atoms with Crippen molar-refractivity contribution < 1.29 is 19.0 Å². The summed E-state index contributed by atoms with van der Waals surface area (Å²) in [5, 5.41) is 13.8. The average Bonchev–Trinajstić information content (AvgIpc) is 3.04. The first-order valence-corrected chi connectivity index (χ1v) is 7.89. The minimum atomic E-state index is -0.864. The van der Waals surface area contributed by atoms with Crippen LogP contribution >= 0.6 is 0 Å². The lowest BCUT2D eigenvalue weighted by molar-refractivity contribution is 0.0848. The molecule has 3 N–H and O–H groups in total. The maximum atomic E-state index is 13.2. The van der Waals surface area contributed by atoms with Crippen molar-refractivity contribution in [2.24, 2.45) is 0 Å². The van der Waals surface area contributed by atoms with Crippen LogP contribution in [0.3, 0.4) is 0 Å². The van der Waals surface area contributed by atoms with Crippen LogP contribution in [0.25, 0.3) is 10.9 Å². The number of hydrogen-bond donors (Lipinski definition) is 3. The largest absolute Gasteiger partial charge is 0.497 e. The number of ether oxygens (including phenoxy) is 1. The highest BCUT2D eigenvalue weighted by Gasteiger charge is 2.20. The Morgan fingerprint density at radius 1 is 1.20 bits per heavy atom. The van der Waals surface area contributed by atoms with Gasteiger partial charge in [-0.1, -0.05) is 12.1 Å². The molecule has 5 nitrogen and oxygen atoms in total. The topological polar surface area (TPSA) is 74.3 Å². The second-order valence-corrected chi connectivity index (χ2v) is 5.89. The number of methoxy groups -OCH3 is 1. The van der Waals surface area contributed by atoms with Crippen molar-refractivity contribution >= 4 is 16.8 Å². The van der Waals surface area contributed by atoms with E-state index in [9.17, 15) is 14.3 Å². The number of rotatable bonds is 5. The summed E-state index contributed by atoms with van der Waals surface area (Å²) in [4.78, 5) is 15.3. The van der Waals surface area contributed by atoms with E-state index in [0.29, 0.717) is 27.9 Å². The molecule has 0 fully saturated rings. The van der Waals surface area contributed by atoms with E-state index in [1.54, 1.807) is 50.4 Å². The van der Waals surface area contributed by atoms with Crippen LogP contribution in [0.4, 0.5) is 4.39 Å². The molecule has 2 unspecified atom stereocenters. The van der Waals surface area contributed by atoms with Crippen molar-refractivity contribution in [3.8, 4) is 5.75 Å². The molecule has 0 radical (unpaired) electrons. The number of nitrogens with one attached hydrogen (secondary N) is 2. The Labute approximate surface area is 144 Å². The first-order valence-electron chi connectivity index (χ1n) is 7.89. The summed E-state index contributed by atoms with van der Waals surface area (Å²) < 4.78 is 18.3. The molecule has 0 aliphatic heterocycles. The van der Waals surface area contributed by atoms with Gasteiger partial charge in [0.1, 0.15) is 17.3 Å². The van der Waals surface area contributed by atoms with Gasteiger partial charge in [0.2, 0.25) is 0 Å². The highest BCUT2D eigenvalue weighted by Crippen LogP contribution is 2.21. The Morgan fingerprint density at radius 3 is 2.60 bits per heavy atom. The molecular weight excluding hydrogens is 323 g/mol. The van der Waals surface area contributed by atoms with Crippen molar-refractivity contribution in [2.75, 3.05) is 7.11 Å². The van der Waals surface area contributed by atoms with Gasteiger partial charge in [0.05, 0.1) is 19.3 Å². The molecule has 130 valence electrons. The summed E-state index contributed by atoms with van der Waals surface area (Å²) in [6.07, 6.45) is -0.864. The fourth-order valence-electron chi connectivity index (χ4n) is 2.68. The fraction of sp³-hybridized carbons (Fsp3) is 0.211. The molecule has 0 saturated carbocycles. The highest BCUT2D eigenvalue weighted by atomic mass is 19.1. The van der Waals surface area contributed by atoms with Crippen LogP contribution in [0.15, 0.2) is 48.5 Å². The Bertz CT molecular complexity index is 889. The van der Waals surface area contributed by atoms with Gasteiger partial charge in [0.15, 0.2) is 0 Å². The summed E-state index contributed by atoms with van der Waals surface area (Å²) in [5.74, 6) is -0.0311. The number of aliphatic hydroxyl groups is 1. The lowest BCUT2D eigenvalue weighted by Gasteiger charge is -2.20. The number of aromatic nitrogens is 1. The molecule has 1 aromatic heterocycles. The van der Waals surface area contributed by atoms with Crippen molar-refractivity contribution in [1.82, 2.24) is 10.3 Å². The summed E-state index contributed by atoms with van der Waals surface area (Å²) in [6, 6.07) is 12.3. The SMILES string of the molecule is COc1ccc(C(O)C(C)NC(=O)c2cc3cc(F)ccc3[nH]2)cc1. The predicted molar refractivity (Wildman–Crippen MR) is 93.1 cm³/mol. The fourth-order valence-corrected chi connectivity index (χ4v) is 2.68.